The van der Waals surface area contributed by atoms with Gasteiger partial charge in [0.2, 0.25) is 0 Å². The van der Waals surface area contributed by atoms with Gasteiger partial charge in [0.05, 0.1) is 0 Å². The van der Waals surface area contributed by atoms with Gasteiger partial charge < -0.3 is 19.7 Å². The third kappa shape index (κ3) is 20.3. The molecule has 0 aromatic heterocycles. The molecule has 0 fully saturated rings. The lowest BCUT2D eigenvalue weighted by molar-refractivity contribution is -0.161. The van der Waals surface area contributed by atoms with Crippen LogP contribution in [0.5, 0.6) is 0 Å². The summed E-state index contributed by atoms with van der Waals surface area (Å²) in [5.41, 5.74) is 0. The molecule has 0 atom stereocenters. The zero-order chi connectivity index (χ0) is 23.5. The van der Waals surface area contributed by atoms with Crippen LogP contribution in [0.4, 0.5) is 0 Å². The predicted molar refractivity (Wildman–Crippen MR) is 107 cm³/mol. The Balaban J connectivity index is 3.58. The van der Waals surface area contributed by atoms with Crippen LogP contribution in [0.2, 0.25) is 0 Å². The largest absolute Gasteiger partial charge is 0.481 e. The quantitative estimate of drug-likeness (QED) is 0.182. The SMILES string of the molecule is O=C(O)CCCCC(=O)OC(=O)CCCCCCCC(=O)OC(=O)CCCCC(=O)O. The molecule has 0 heterocycles. The Morgan fingerprint density at radius 3 is 0.903 bits per heavy atom. The molecule has 0 radical (unpaired) electrons. The number of hydrogen-bond donors (Lipinski definition) is 2. The lowest BCUT2D eigenvalue weighted by Crippen LogP contribution is -2.12. The van der Waals surface area contributed by atoms with Crippen molar-refractivity contribution in [3.8, 4) is 0 Å². The van der Waals surface area contributed by atoms with Crippen molar-refractivity contribution < 1.29 is 48.5 Å². The van der Waals surface area contributed by atoms with Gasteiger partial charge in [-0.05, 0) is 38.5 Å². The van der Waals surface area contributed by atoms with Crippen molar-refractivity contribution in [1.29, 1.82) is 0 Å². The Labute approximate surface area is 181 Å². The molecule has 176 valence electrons. The van der Waals surface area contributed by atoms with Gasteiger partial charge in [0.25, 0.3) is 0 Å². The van der Waals surface area contributed by atoms with Crippen LogP contribution in [-0.4, -0.2) is 46.0 Å². The predicted octanol–water partition coefficient (Wildman–Crippen LogP) is 3.15. The number of hydrogen-bond acceptors (Lipinski definition) is 8. The van der Waals surface area contributed by atoms with Gasteiger partial charge in [-0.25, -0.2) is 0 Å². The third-order valence-electron chi connectivity index (χ3n) is 4.26. The number of carbonyl (C=O) groups is 6. The van der Waals surface area contributed by atoms with E-state index in [9.17, 15) is 28.8 Å². The summed E-state index contributed by atoms with van der Waals surface area (Å²) >= 11 is 0. The van der Waals surface area contributed by atoms with Crippen molar-refractivity contribution >= 4 is 35.8 Å². The summed E-state index contributed by atoms with van der Waals surface area (Å²) in [5, 5.41) is 17.0. The number of aliphatic carboxylic acids is 2. The van der Waals surface area contributed by atoms with Crippen LogP contribution >= 0.6 is 0 Å². The minimum absolute atomic E-state index is 0.0138. The Kier molecular flexibility index (Phi) is 16.4. The highest BCUT2D eigenvalue weighted by Crippen LogP contribution is 2.10. The highest BCUT2D eigenvalue weighted by atomic mass is 16.6. The third-order valence-corrected chi connectivity index (χ3v) is 4.26. The number of ether oxygens (including phenoxy) is 2. The number of esters is 4. The van der Waals surface area contributed by atoms with E-state index >= 15 is 0 Å². The first-order chi connectivity index (χ1) is 14.7. The normalized spacial score (nSPS) is 10.3. The van der Waals surface area contributed by atoms with Crippen molar-refractivity contribution in [2.45, 2.75) is 96.3 Å². The average Bonchev–Trinajstić information content (AvgIpc) is 2.67. The van der Waals surface area contributed by atoms with Gasteiger partial charge in [-0.3, -0.25) is 28.8 Å². The van der Waals surface area contributed by atoms with Gasteiger partial charge in [0, 0.05) is 38.5 Å². The van der Waals surface area contributed by atoms with Crippen LogP contribution in [0.15, 0.2) is 0 Å². The van der Waals surface area contributed by atoms with Crippen LogP contribution < -0.4 is 0 Å². The van der Waals surface area contributed by atoms with Crippen molar-refractivity contribution in [3.63, 3.8) is 0 Å². The van der Waals surface area contributed by atoms with Gasteiger partial charge in [0.15, 0.2) is 0 Å². The van der Waals surface area contributed by atoms with Gasteiger partial charge in [-0.1, -0.05) is 19.3 Å². The second-order valence-corrected chi connectivity index (χ2v) is 7.16. The highest BCUT2D eigenvalue weighted by Gasteiger charge is 2.12. The van der Waals surface area contributed by atoms with E-state index in [0.717, 1.165) is 19.3 Å². The number of carboxylic acid groups (broad SMARTS) is 2. The first-order valence-corrected chi connectivity index (χ1v) is 10.6. The maximum atomic E-state index is 11.5. The summed E-state index contributed by atoms with van der Waals surface area (Å²) in [6, 6.07) is 0. The molecule has 10 nitrogen and oxygen atoms in total. The molecular weight excluding hydrogens is 412 g/mol. The summed E-state index contributed by atoms with van der Waals surface area (Å²) < 4.78 is 9.31. The minimum atomic E-state index is -0.931. The second-order valence-electron chi connectivity index (χ2n) is 7.16. The molecule has 0 aliphatic heterocycles. The molecule has 0 amide bonds. The zero-order valence-corrected chi connectivity index (χ0v) is 17.8. The van der Waals surface area contributed by atoms with Gasteiger partial charge in [-0.2, -0.15) is 0 Å². The molecule has 0 saturated carbocycles. The van der Waals surface area contributed by atoms with E-state index in [4.69, 9.17) is 10.2 Å². The monoisotopic (exact) mass is 444 g/mol. The Morgan fingerprint density at radius 1 is 0.387 bits per heavy atom. The van der Waals surface area contributed by atoms with Crippen molar-refractivity contribution in [3.05, 3.63) is 0 Å². The average molecular weight is 444 g/mol. The van der Waals surface area contributed by atoms with Crippen molar-refractivity contribution in [2.24, 2.45) is 0 Å². The first-order valence-electron chi connectivity index (χ1n) is 10.6. The summed E-state index contributed by atoms with van der Waals surface area (Å²) in [5.74, 6) is -4.36. The van der Waals surface area contributed by atoms with Crippen molar-refractivity contribution in [1.82, 2.24) is 0 Å². The van der Waals surface area contributed by atoms with E-state index in [1.54, 1.807) is 0 Å². The van der Waals surface area contributed by atoms with Crippen LogP contribution in [-0.2, 0) is 38.2 Å². The van der Waals surface area contributed by atoms with E-state index in [2.05, 4.69) is 9.47 Å². The van der Waals surface area contributed by atoms with E-state index in [-0.39, 0.29) is 38.5 Å². The molecule has 0 aromatic rings. The van der Waals surface area contributed by atoms with Crippen LogP contribution in [0.3, 0.4) is 0 Å². The van der Waals surface area contributed by atoms with E-state index in [1.165, 1.54) is 0 Å². The molecule has 0 aromatic carbocycles. The number of unbranched alkanes of at least 4 members (excludes halogenated alkanes) is 6. The second kappa shape index (κ2) is 18.0. The molecule has 0 aliphatic carbocycles. The fourth-order valence-corrected chi connectivity index (χ4v) is 2.62. The molecule has 0 saturated heterocycles. The summed E-state index contributed by atoms with van der Waals surface area (Å²) in [7, 11) is 0. The summed E-state index contributed by atoms with van der Waals surface area (Å²) in [6.45, 7) is 0. The zero-order valence-electron chi connectivity index (χ0n) is 17.8. The smallest absolute Gasteiger partial charge is 0.313 e. The fraction of sp³-hybridized carbons (Fsp3) is 0.714. The standard InChI is InChI=1S/C21H32O10/c22-16(23)10-6-8-14-20(28)30-18(26)12-4-2-1-3-5-13-19(27)31-21(29)15-9-7-11-17(24)25/h1-15H2,(H,22,23)(H,24,25). The molecular formula is C21H32O10. The van der Waals surface area contributed by atoms with E-state index in [0.29, 0.717) is 38.5 Å². The van der Waals surface area contributed by atoms with Crippen LogP contribution in [0.25, 0.3) is 0 Å². The molecule has 10 heteroatoms. The highest BCUT2D eigenvalue weighted by molar-refractivity contribution is 5.85. The van der Waals surface area contributed by atoms with E-state index in [1.807, 2.05) is 0 Å². The van der Waals surface area contributed by atoms with Crippen molar-refractivity contribution in [2.75, 3.05) is 0 Å². The molecule has 0 unspecified atom stereocenters. The van der Waals surface area contributed by atoms with Gasteiger partial charge in [-0.15, -0.1) is 0 Å². The Hall–Kier alpha value is -2.78. The summed E-state index contributed by atoms with van der Waals surface area (Å²) in [6.07, 6.45) is 4.93. The van der Waals surface area contributed by atoms with Gasteiger partial charge >= 0.3 is 35.8 Å². The van der Waals surface area contributed by atoms with Crippen LogP contribution in [0.1, 0.15) is 96.3 Å². The lowest BCUT2D eigenvalue weighted by Gasteiger charge is -2.04. The maximum absolute atomic E-state index is 11.5. The first kappa shape index (κ1) is 28.2. The molecule has 0 rings (SSSR count). The molecule has 31 heavy (non-hydrogen) atoms. The number of carboxylic acids is 2. The molecule has 0 aliphatic rings. The molecule has 2 N–H and O–H groups in total. The van der Waals surface area contributed by atoms with Crippen LogP contribution in [0, 0.1) is 0 Å². The number of carbonyl (C=O) groups excluding carboxylic acids is 4. The Bertz CT molecular complexity index is 559. The topological polar surface area (TPSA) is 161 Å². The number of rotatable bonds is 18. The maximum Gasteiger partial charge on any atom is 0.313 e. The van der Waals surface area contributed by atoms with E-state index < -0.39 is 35.8 Å². The lowest BCUT2D eigenvalue weighted by atomic mass is 10.1. The molecule has 0 bridgehead atoms. The summed E-state index contributed by atoms with van der Waals surface area (Å²) in [4.78, 5) is 66.6. The minimum Gasteiger partial charge on any atom is -0.481 e. The van der Waals surface area contributed by atoms with Gasteiger partial charge in [0.1, 0.15) is 0 Å². The fourth-order valence-electron chi connectivity index (χ4n) is 2.62. The molecule has 0 spiro atoms. The Morgan fingerprint density at radius 2 is 0.613 bits per heavy atom.